The van der Waals surface area contributed by atoms with E-state index in [0.29, 0.717) is 16.6 Å². The van der Waals surface area contributed by atoms with Gasteiger partial charge in [0.1, 0.15) is 0 Å². The molecule has 0 aliphatic carbocycles. The maximum atomic E-state index is 12.5. The first kappa shape index (κ1) is 23.9. The van der Waals surface area contributed by atoms with Gasteiger partial charge in [-0.3, -0.25) is 14.7 Å². The number of aromatic nitrogens is 3. The van der Waals surface area contributed by atoms with Crippen LogP contribution >= 0.6 is 11.8 Å². The molecule has 180 valence electrons. The first-order valence-corrected chi connectivity index (χ1v) is 13.3. The van der Waals surface area contributed by atoms with Crippen LogP contribution in [-0.2, 0) is 21.3 Å². The quantitative estimate of drug-likeness (QED) is 0.411. The highest BCUT2D eigenvalue weighted by Gasteiger charge is 2.28. The van der Waals surface area contributed by atoms with E-state index in [1.165, 1.54) is 12.1 Å². The van der Waals surface area contributed by atoms with E-state index in [2.05, 4.69) is 19.8 Å². The third-order valence-corrected chi connectivity index (χ3v) is 8.23. The molecule has 33 heavy (non-hydrogen) atoms. The van der Waals surface area contributed by atoms with Crippen molar-refractivity contribution in [2.45, 2.75) is 73.2 Å². The van der Waals surface area contributed by atoms with E-state index in [9.17, 15) is 18.5 Å². The summed E-state index contributed by atoms with van der Waals surface area (Å²) in [5.74, 6) is 0.744. The minimum absolute atomic E-state index is 0.0475. The molecule has 2 aliphatic rings. The van der Waals surface area contributed by atoms with Gasteiger partial charge in [-0.1, -0.05) is 0 Å². The number of anilines is 1. The Labute approximate surface area is 197 Å². The number of nitrogens with zero attached hydrogens (tertiary/aromatic N) is 5. The fourth-order valence-corrected chi connectivity index (χ4v) is 6.22. The van der Waals surface area contributed by atoms with E-state index in [1.54, 1.807) is 13.8 Å². The van der Waals surface area contributed by atoms with Crippen LogP contribution in [0.5, 0.6) is 0 Å². The number of nitro groups is 1. The van der Waals surface area contributed by atoms with Gasteiger partial charge in [-0.25, -0.2) is 13.1 Å². The molecular weight excluding hydrogens is 468 g/mol. The number of nitro benzene ring substituents is 1. The van der Waals surface area contributed by atoms with Crippen LogP contribution in [0.4, 0.5) is 11.6 Å². The Bertz CT molecular complexity index is 1110. The molecule has 0 saturated carbocycles. The SMILES string of the molecule is CC(C)NS(=O)(=O)c1ccc(Sc2nnc(N3CCCC3)n2C[C@@H]2CCCO2)c([N+](=O)[O-])c1. The Hall–Kier alpha value is -2.22. The Morgan fingerprint density at radius 1 is 1.27 bits per heavy atom. The van der Waals surface area contributed by atoms with Crippen LogP contribution in [0.1, 0.15) is 39.5 Å². The summed E-state index contributed by atoms with van der Waals surface area (Å²) in [6, 6.07) is 3.60. The lowest BCUT2D eigenvalue weighted by molar-refractivity contribution is -0.388. The molecule has 0 amide bonds. The summed E-state index contributed by atoms with van der Waals surface area (Å²) in [6.07, 6.45) is 4.16. The molecule has 0 radical (unpaired) electrons. The standard InChI is InChI=1S/C20H28N6O5S2/c1-14(2)23-33(29,30)16-7-8-18(17(12-16)26(27)28)32-20-22-21-19(24-9-3-4-10-24)25(20)13-15-6-5-11-31-15/h7-8,12,14-15,23H,3-6,9-11,13H2,1-2H3/t15-/m0/s1. The number of benzene rings is 1. The predicted molar refractivity (Wildman–Crippen MR) is 123 cm³/mol. The molecule has 2 saturated heterocycles. The molecule has 11 nitrogen and oxygen atoms in total. The summed E-state index contributed by atoms with van der Waals surface area (Å²) in [5.41, 5.74) is -0.291. The van der Waals surface area contributed by atoms with Gasteiger partial charge < -0.3 is 9.64 Å². The van der Waals surface area contributed by atoms with E-state index in [-0.39, 0.29) is 22.7 Å². The first-order valence-electron chi connectivity index (χ1n) is 11.0. The smallest absolute Gasteiger partial charge is 0.284 e. The maximum absolute atomic E-state index is 12.5. The first-order chi connectivity index (χ1) is 15.7. The molecule has 2 aliphatic heterocycles. The van der Waals surface area contributed by atoms with E-state index in [1.807, 2.05) is 4.57 Å². The van der Waals surface area contributed by atoms with Gasteiger partial charge in [0.2, 0.25) is 16.0 Å². The maximum Gasteiger partial charge on any atom is 0.284 e. The van der Waals surface area contributed by atoms with Crippen molar-refractivity contribution in [3.05, 3.63) is 28.3 Å². The zero-order chi connectivity index (χ0) is 23.6. The zero-order valence-corrected chi connectivity index (χ0v) is 20.3. The third-order valence-electron chi connectivity index (χ3n) is 5.53. The average molecular weight is 497 g/mol. The highest BCUT2D eigenvalue weighted by Crippen LogP contribution is 2.37. The highest BCUT2D eigenvalue weighted by atomic mass is 32.2. The van der Waals surface area contributed by atoms with Crippen LogP contribution in [0.3, 0.4) is 0 Å². The minimum Gasteiger partial charge on any atom is -0.376 e. The van der Waals surface area contributed by atoms with E-state index in [4.69, 9.17) is 4.74 Å². The van der Waals surface area contributed by atoms with Crippen molar-refractivity contribution >= 4 is 33.4 Å². The lowest BCUT2D eigenvalue weighted by atomic mass is 10.2. The minimum atomic E-state index is -3.86. The van der Waals surface area contributed by atoms with Gasteiger partial charge in [0.15, 0.2) is 5.16 Å². The summed E-state index contributed by atoms with van der Waals surface area (Å²) in [5, 5.41) is 21.0. The van der Waals surface area contributed by atoms with Crippen LogP contribution in [0.15, 0.2) is 33.1 Å². The second kappa shape index (κ2) is 9.95. The molecular formula is C20H28N6O5S2. The lowest BCUT2D eigenvalue weighted by Gasteiger charge is -2.20. The number of sulfonamides is 1. The molecule has 2 aromatic rings. The molecule has 0 spiro atoms. The predicted octanol–water partition coefficient (Wildman–Crippen LogP) is 2.80. The number of hydrogen-bond acceptors (Lipinski definition) is 9. The molecule has 0 bridgehead atoms. The molecule has 3 heterocycles. The Balaban J connectivity index is 1.67. The zero-order valence-electron chi connectivity index (χ0n) is 18.6. The summed E-state index contributed by atoms with van der Waals surface area (Å²) in [6.45, 7) is 6.46. The topological polar surface area (TPSA) is 132 Å². The van der Waals surface area contributed by atoms with Gasteiger partial charge in [-0.2, -0.15) is 0 Å². The van der Waals surface area contributed by atoms with Gasteiger partial charge >= 0.3 is 0 Å². The summed E-state index contributed by atoms with van der Waals surface area (Å²) in [7, 11) is -3.86. The van der Waals surface area contributed by atoms with Crippen LogP contribution < -0.4 is 9.62 Å². The van der Waals surface area contributed by atoms with E-state index < -0.39 is 14.9 Å². The van der Waals surface area contributed by atoms with Crippen LogP contribution in [0.25, 0.3) is 0 Å². The van der Waals surface area contributed by atoms with Crippen LogP contribution in [0.2, 0.25) is 0 Å². The molecule has 2 fully saturated rings. The van der Waals surface area contributed by atoms with Crippen LogP contribution in [0, 0.1) is 10.1 Å². The Morgan fingerprint density at radius 2 is 2.03 bits per heavy atom. The van der Waals surface area contributed by atoms with Gasteiger partial charge in [-0.05, 0) is 63.4 Å². The molecule has 1 aromatic heterocycles. The lowest BCUT2D eigenvalue weighted by Crippen LogP contribution is -2.30. The second-order valence-corrected chi connectivity index (χ2v) is 11.2. The normalized spacial score (nSPS) is 19.0. The molecule has 4 rings (SSSR count). The van der Waals surface area contributed by atoms with Crippen LogP contribution in [-0.4, -0.2) is 59.9 Å². The van der Waals surface area contributed by atoms with E-state index in [0.717, 1.165) is 69.2 Å². The van der Waals surface area contributed by atoms with Crippen molar-refractivity contribution < 1.29 is 18.1 Å². The fraction of sp³-hybridized carbons (Fsp3) is 0.600. The van der Waals surface area contributed by atoms with Gasteiger partial charge in [0.05, 0.1) is 27.4 Å². The monoisotopic (exact) mass is 496 g/mol. The summed E-state index contributed by atoms with van der Waals surface area (Å²) < 4.78 is 35.2. The van der Waals surface area contributed by atoms with Crippen molar-refractivity contribution in [3.63, 3.8) is 0 Å². The van der Waals surface area contributed by atoms with Crippen molar-refractivity contribution in [2.24, 2.45) is 0 Å². The molecule has 1 aromatic carbocycles. The number of hydrogen-bond donors (Lipinski definition) is 1. The van der Waals surface area contributed by atoms with Gasteiger partial charge in [0.25, 0.3) is 5.69 Å². The largest absolute Gasteiger partial charge is 0.376 e. The van der Waals surface area contributed by atoms with Crippen molar-refractivity contribution in [1.29, 1.82) is 0 Å². The Morgan fingerprint density at radius 3 is 2.67 bits per heavy atom. The number of ether oxygens (including phenoxy) is 1. The second-order valence-electron chi connectivity index (χ2n) is 8.49. The molecule has 1 atom stereocenters. The van der Waals surface area contributed by atoms with Crippen molar-refractivity contribution in [3.8, 4) is 0 Å². The average Bonchev–Trinajstić information content (AvgIpc) is 3.50. The van der Waals surface area contributed by atoms with E-state index >= 15 is 0 Å². The van der Waals surface area contributed by atoms with Gasteiger partial charge in [-0.15, -0.1) is 10.2 Å². The molecule has 0 unspecified atom stereocenters. The highest BCUT2D eigenvalue weighted by molar-refractivity contribution is 7.99. The molecule has 13 heteroatoms. The molecule has 1 N–H and O–H groups in total. The third kappa shape index (κ3) is 5.48. The summed E-state index contributed by atoms with van der Waals surface area (Å²) >= 11 is 1.12. The number of rotatable bonds is 9. The van der Waals surface area contributed by atoms with Gasteiger partial charge in [0, 0.05) is 31.8 Å². The van der Waals surface area contributed by atoms with Crippen molar-refractivity contribution in [2.75, 3.05) is 24.6 Å². The fourth-order valence-electron chi connectivity index (χ4n) is 4.03. The summed E-state index contributed by atoms with van der Waals surface area (Å²) in [4.78, 5) is 13.6. The number of nitrogens with one attached hydrogen (secondary N) is 1. The Kier molecular flexibility index (Phi) is 7.22. The van der Waals surface area contributed by atoms with Crippen molar-refractivity contribution in [1.82, 2.24) is 19.5 Å².